The topological polar surface area (TPSA) is 87.0 Å². The number of rotatable bonds is 5. The Morgan fingerprint density at radius 2 is 2.24 bits per heavy atom. The summed E-state index contributed by atoms with van der Waals surface area (Å²) in [5, 5.41) is 15.2. The number of aliphatic hydroxyl groups is 1. The van der Waals surface area contributed by atoms with Crippen molar-refractivity contribution in [1.82, 2.24) is 15.2 Å². The molecule has 1 aromatic carbocycles. The lowest BCUT2D eigenvalue weighted by molar-refractivity contribution is -0.138. The van der Waals surface area contributed by atoms with Gasteiger partial charge in [-0.1, -0.05) is 22.0 Å². The Morgan fingerprint density at radius 3 is 2.82 bits per heavy atom. The van der Waals surface area contributed by atoms with Crippen LogP contribution >= 0.6 is 27.3 Å². The SMILES string of the molecule is CCOC(=O)C1=C(CN2CC(O)CC(F)(F)C2)NC(c2nccs2)=NC1.Fc1cccc(Br)c1. The summed E-state index contributed by atoms with van der Waals surface area (Å²) in [6.45, 7) is 1.68. The second-order valence-electron chi connectivity index (χ2n) is 7.63. The fraction of sp³-hybridized carbons (Fsp3) is 0.409. The molecule has 2 N–H and O–H groups in total. The summed E-state index contributed by atoms with van der Waals surface area (Å²) in [7, 11) is 0. The number of hydrogen-bond donors (Lipinski definition) is 2. The lowest BCUT2D eigenvalue weighted by Gasteiger charge is -2.36. The monoisotopic (exact) mass is 560 g/mol. The number of ether oxygens (including phenoxy) is 1. The van der Waals surface area contributed by atoms with E-state index in [0.29, 0.717) is 22.1 Å². The van der Waals surface area contributed by atoms with Gasteiger partial charge in [0.1, 0.15) is 5.82 Å². The van der Waals surface area contributed by atoms with E-state index in [1.165, 1.54) is 28.4 Å². The smallest absolute Gasteiger partial charge is 0.337 e. The Morgan fingerprint density at radius 1 is 1.44 bits per heavy atom. The molecule has 0 amide bonds. The number of piperidine rings is 1. The first-order valence-corrected chi connectivity index (χ1v) is 12.1. The number of thiazole rings is 1. The van der Waals surface area contributed by atoms with Crippen molar-refractivity contribution in [1.29, 1.82) is 0 Å². The second-order valence-corrected chi connectivity index (χ2v) is 9.44. The predicted molar refractivity (Wildman–Crippen MR) is 126 cm³/mol. The van der Waals surface area contributed by atoms with Gasteiger partial charge in [0.05, 0.1) is 31.4 Å². The Bertz CT molecular complexity index is 1030. The average molecular weight is 561 g/mol. The lowest BCUT2D eigenvalue weighted by Crippen LogP contribution is -2.51. The summed E-state index contributed by atoms with van der Waals surface area (Å²) >= 11 is 4.50. The van der Waals surface area contributed by atoms with Gasteiger partial charge in [-0.2, -0.15) is 0 Å². The summed E-state index contributed by atoms with van der Waals surface area (Å²) < 4.78 is 45.5. The average Bonchev–Trinajstić information content (AvgIpc) is 3.27. The highest BCUT2D eigenvalue weighted by molar-refractivity contribution is 9.10. The molecule has 0 aliphatic carbocycles. The number of halogens is 4. The number of nitrogens with one attached hydrogen (secondary N) is 1. The quantitative estimate of drug-likeness (QED) is 0.543. The van der Waals surface area contributed by atoms with E-state index in [0.717, 1.165) is 4.47 Å². The molecular weight excluding hydrogens is 537 g/mol. The van der Waals surface area contributed by atoms with E-state index in [2.05, 4.69) is 31.2 Å². The molecule has 4 rings (SSSR count). The van der Waals surface area contributed by atoms with Crippen molar-refractivity contribution >= 4 is 39.1 Å². The number of alkyl halides is 2. The van der Waals surface area contributed by atoms with Crippen LogP contribution in [0.4, 0.5) is 13.2 Å². The third-order valence-corrected chi connectivity index (χ3v) is 6.09. The number of carbonyl (C=O) groups excluding carboxylic acids is 1. The molecule has 2 aliphatic heterocycles. The van der Waals surface area contributed by atoms with Crippen LogP contribution < -0.4 is 5.32 Å². The molecule has 1 atom stereocenters. The molecule has 184 valence electrons. The van der Waals surface area contributed by atoms with Crippen molar-refractivity contribution in [3.8, 4) is 0 Å². The number of aromatic nitrogens is 1. The number of aliphatic imine (C=N–C) groups is 1. The number of nitrogens with zero attached hydrogens (tertiary/aromatic N) is 3. The van der Waals surface area contributed by atoms with Gasteiger partial charge in [0.2, 0.25) is 0 Å². The van der Waals surface area contributed by atoms with Crippen molar-refractivity contribution in [2.75, 3.05) is 32.8 Å². The van der Waals surface area contributed by atoms with Crippen LogP contribution in [-0.2, 0) is 9.53 Å². The molecule has 1 aromatic heterocycles. The van der Waals surface area contributed by atoms with Gasteiger partial charge >= 0.3 is 5.97 Å². The third-order valence-electron chi connectivity index (χ3n) is 4.81. The minimum atomic E-state index is -2.97. The minimum Gasteiger partial charge on any atom is -0.463 e. The highest BCUT2D eigenvalue weighted by Crippen LogP contribution is 2.28. The molecule has 7 nitrogen and oxygen atoms in total. The zero-order valence-corrected chi connectivity index (χ0v) is 20.7. The lowest BCUT2D eigenvalue weighted by atomic mass is 10.0. The maximum absolute atomic E-state index is 13.8. The Kier molecular flexibility index (Phi) is 9.23. The number of β-amino-alcohol motifs (C(OH)–C–C–N with tert-alkyl or cyclic N) is 1. The summed E-state index contributed by atoms with van der Waals surface area (Å²) in [5.74, 6) is -3.21. The van der Waals surface area contributed by atoms with E-state index in [1.54, 1.807) is 30.6 Å². The summed E-state index contributed by atoms with van der Waals surface area (Å²) in [4.78, 5) is 22.1. The molecule has 1 saturated heterocycles. The Balaban J connectivity index is 0.000000343. The number of amidine groups is 1. The highest BCUT2D eigenvalue weighted by Gasteiger charge is 2.40. The molecule has 34 heavy (non-hydrogen) atoms. The van der Waals surface area contributed by atoms with Crippen molar-refractivity contribution in [3.63, 3.8) is 0 Å². The Hall–Kier alpha value is -2.28. The second kappa shape index (κ2) is 11.9. The molecule has 0 radical (unpaired) electrons. The molecule has 0 spiro atoms. The van der Waals surface area contributed by atoms with E-state index < -0.39 is 31.0 Å². The predicted octanol–water partition coefficient (Wildman–Crippen LogP) is 3.60. The van der Waals surface area contributed by atoms with E-state index in [-0.39, 0.29) is 32.1 Å². The normalized spacial score (nSPS) is 20.1. The Labute approximate surface area is 207 Å². The zero-order chi connectivity index (χ0) is 24.7. The first-order chi connectivity index (χ1) is 16.2. The van der Waals surface area contributed by atoms with Crippen molar-refractivity contribution in [3.05, 3.63) is 62.4 Å². The van der Waals surface area contributed by atoms with Crippen LogP contribution in [0.5, 0.6) is 0 Å². The first-order valence-electron chi connectivity index (χ1n) is 10.5. The van der Waals surface area contributed by atoms with E-state index in [9.17, 15) is 23.1 Å². The van der Waals surface area contributed by atoms with Gasteiger partial charge in [-0.3, -0.25) is 9.89 Å². The van der Waals surface area contributed by atoms with E-state index >= 15 is 0 Å². The molecule has 2 aliphatic rings. The molecule has 1 unspecified atom stereocenters. The molecule has 2 aromatic rings. The van der Waals surface area contributed by atoms with Crippen molar-refractivity contribution < 1.29 is 27.8 Å². The van der Waals surface area contributed by atoms with Crippen LogP contribution in [0, 0.1) is 5.82 Å². The summed E-state index contributed by atoms with van der Waals surface area (Å²) in [6.07, 6.45) is -0.0243. The van der Waals surface area contributed by atoms with Crippen LogP contribution in [0.2, 0.25) is 0 Å². The number of aliphatic hydroxyl groups excluding tert-OH is 1. The van der Waals surface area contributed by atoms with Crippen molar-refractivity contribution in [2.45, 2.75) is 25.4 Å². The molecule has 1 fully saturated rings. The van der Waals surface area contributed by atoms with Gasteiger partial charge in [-0.05, 0) is 25.1 Å². The van der Waals surface area contributed by atoms with Gasteiger partial charge in [0, 0.05) is 41.3 Å². The highest BCUT2D eigenvalue weighted by atomic mass is 79.9. The van der Waals surface area contributed by atoms with Gasteiger partial charge in [0.15, 0.2) is 10.8 Å². The standard InChI is InChI=1S/C16H20F2N4O3S.C6H4BrF/c1-2-25-15(24)11-6-20-13(14-19-3-4-26-14)21-12(11)8-22-7-10(23)5-16(17,18)9-22;7-5-2-1-3-6(8)4-5/h3-4,10,23H,2,5-9H2,1H3,(H,20,21);1-4H. The maximum Gasteiger partial charge on any atom is 0.337 e. The number of benzene rings is 1. The number of likely N-dealkylation sites (tertiary alicyclic amines) is 1. The first kappa shape index (κ1) is 26.3. The van der Waals surface area contributed by atoms with Gasteiger partial charge in [-0.15, -0.1) is 11.3 Å². The van der Waals surface area contributed by atoms with Crippen LogP contribution in [0.15, 0.2) is 56.6 Å². The third kappa shape index (κ3) is 7.62. The van der Waals surface area contributed by atoms with Gasteiger partial charge < -0.3 is 15.2 Å². The largest absolute Gasteiger partial charge is 0.463 e. The molecule has 0 saturated carbocycles. The zero-order valence-electron chi connectivity index (χ0n) is 18.3. The maximum atomic E-state index is 13.8. The fourth-order valence-corrected chi connectivity index (χ4v) is 4.45. The molecule has 0 bridgehead atoms. The molecule has 3 heterocycles. The summed E-state index contributed by atoms with van der Waals surface area (Å²) in [5.41, 5.74) is 0.754. The number of hydrogen-bond acceptors (Lipinski definition) is 8. The number of carbonyl (C=O) groups is 1. The van der Waals surface area contributed by atoms with Crippen LogP contribution in [0.1, 0.15) is 18.4 Å². The summed E-state index contributed by atoms with van der Waals surface area (Å²) in [6, 6.07) is 6.26. The van der Waals surface area contributed by atoms with E-state index in [1.807, 2.05) is 0 Å². The van der Waals surface area contributed by atoms with Gasteiger partial charge in [0.25, 0.3) is 5.92 Å². The van der Waals surface area contributed by atoms with E-state index in [4.69, 9.17) is 4.74 Å². The molecular formula is C22H24BrF3N4O3S. The fourth-order valence-electron chi connectivity index (χ4n) is 3.48. The van der Waals surface area contributed by atoms with Crippen LogP contribution in [-0.4, -0.2) is 71.6 Å². The van der Waals surface area contributed by atoms with Gasteiger partial charge in [-0.25, -0.2) is 22.9 Å². The van der Waals surface area contributed by atoms with Crippen LogP contribution in [0.3, 0.4) is 0 Å². The van der Waals surface area contributed by atoms with Crippen molar-refractivity contribution in [2.24, 2.45) is 4.99 Å². The minimum absolute atomic E-state index is 0.0607. The van der Waals surface area contributed by atoms with Crippen LogP contribution in [0.25, 0.3) is 0 Å². The number of esters is 1. The molecule has 12 heteroatoms.